The molecule has 0 aliphatic carbocycles. The lowest BCUT2D eigenvalue weighted by Crippen LogP contribution is -2.16. The van der Waals surface area contributed by atoms with Gasteiger partial charge in [0.05, 0.1) is 10.8 Å². The second-order valence-corrected chi connectivity index (χ2v) is 7.95. The summed E-state index contributed by atoms with van der Waals surface area (Å²) in [6, 6.07) is 18.7. The van der Waals surface area contributed by atoms with E-state index in [-0.39, 0.29) is 11.7 Å². The van der Waals surface area contributed by atoms with E-state index in [1.165, 1.54) is 16.4 Å². The van der Waals surface area contributed by atoms with Gasteiger partial charge in [-0.15, -0.1) is 10.2 Å². The summed E-state index contributed by atoms with van der Waals surface area (Å²) < 4.78 is 1.31. The van der Waals surface area contributed by atoms with Gasteiger partial charge in [-0.1, -0.05) is 71.4 Å². The summed E-state index contributed by atoms with van der Waals surface area (Å²) >= 11 is 13.3. The molecule has 1 aromatic heterocycles. The van der Waals surface area contributed by atoms with Gasteiger partial charge >= 0.3 is 0 Å². The third-order valence-electron chi connectivity index (χ3n) is 4.23. The van der Waals surface area contributed by atoms with E-state index < -0.39 is 0 Å². The summed E-state index contributed by atoms with van der Waals surface area (Å²) in [5.74, 6) is 6.46. The number of amides is 1. The molecule has 3 N–H and O–H groups in total. The highest BCUT2D eigenvalue weighted by molar-refractivity contribution is 7.99. The third kappa shape index (κ3) is 4.17. The fourth-order valence-electron chi connectivity index (χ4n) is 2.88. The molecule has 0 saturated carbocycles. The maximum atomic E-state index is 12.4. The van der Waals surface area contributed by atoms with Crippen molar-refractivity contribution in [2.24, 2.45) is 0 Å². The number of nitrogens with zero attached hydrogens (tertiary/aromatic N) is 3. The van der Waals surface area contributed by atoms with Crippen molar-refractivity contribution in [2.45, 2.75) is 5.16 Å². The van der Waals surface area contributed by atoms with Gasteiger partial charge in [0.1, 0.15) is 0 Å². The van der Waals surface area contributed by atoms with Crippen molar-refractivity contribution in [3.63, 3.8) is 0 Å². The van der Waals surface area contributed by atoms with E-state index in [0.29, 0.717) is 26.6 Å². The second-order valence-electron chi connectivity index (χ2n) is 6.16. The van der Waals surface area contributed by atoms with E-state index >= 15 is 0 Å². The smallest absolute Gasteiger partial charge is 0.234 e. The maximum absolute atomic E-state index is 12.4. The zero-order chi connectivity index (χ0) is 20.4. The maximum Gasteiger partial charge on any atom is 0.234 e. The summed E-state index contributed by atoms with van der Waals surface area (Å²) in [4.78, 5) is 12.4. The van der Waals surface area contributed by atoms with Gasteiger partial charge < -0.3 is 11.2 Å². The highest BCUT2D eigenvalue weighted by atomic mass is 35.5. The highest BCUT2D eigenvalue weighted by Gasteiger charge is 2.16. The SMILES string of the molecule is Nn1c(SCC(=O)Nc2cccc3ccccc23)nnc1-c1ccc(Cl)cc1Cl. The van der Waals surface area contributed by atoms with E-state index in [1.54, 1.807) is 18.2 Å². The number of aromatic nitrogens is 3. The van der Waals surface area contributed by atoms with Crippen LogP contribution in [0.1, 0.15) is 0 Å². The van der Waals surface area contributed by atoms with Crippen molar-refractivity contribution in [3.8, 4) is 11.4 Å². The van der Waals surface area contributed by atoms with E-state index in [9.17, 15) is 4.79 Å². The van der Waals surface area contributed by atoms with Crippen LogP contribution in [0.15, 0.2) is 65.8 Å². The fraction of sp³-hybridized carbons (Fsp3) is 0.0500. The van der Waals surface area contributed by atoms with Crippen molar-refractivity contribution < 1.29 is 4.79 Å². The minimum absolute atomic E-state index is 0.132. The summed E-state index contributed by atoms with van der Waals surface area (Å²) in [5, 5.41) is 14.5. The molecule has 0 unspecified atom stereocenters. The average Bonchev–Trinajstić information content (AvgIpc) is 3.07. The lowest BCUT2D eigenvalue weighted by Gasteiger charge is -2.09. The summed E-state index contributed by atoms with van der Waals surface area (Å²) in [7, 11) is 0. The first-order chi connectivity index (χ1) is 14.0. The van der Waals surface area contributed by atoms with Crippen molar-refractivity contribution in [1.82, 2.24) is 14.9 Å². The molecule has 0 aliphatic heterocycles. The summed E-state index contributed by atoms with van der Waals surface area (Å²) in [6.45, 7) is 0. The predicted octanol–water partition coefficient (Wildman–Crippen LogP) is 4.85. The first-order valence-electron chi connectivity index (χ1n) is 8.59. The Labute approximate surface area is 181 Å². The van der Waals surface area contributed by atoms with E-state index in [1.807, 2.05) is 42.5 Å². The Kier molecular flexibility index (Phi) is 5.62. The Bertz CT molecular complexity index is 1210. The number of nitrogens with one attached hydrogen (secondary N) is 1. The van der Waals surface area contributed by atoms with Gasteiger partial charge in [-0.2, -0.15) is 0 Å². The minimum Gasteiger partial charge on any atom is -0.335 e. The molecular formula is C20H15Cl2N5OS. The number of halogens is 2. The Morgan fingerprint density at radius 2 is 1.86 bits per heavy atom. The molecule has 3 aromatic carbocycles. The van der Waals surface area contributed by atoms with E-state index in [0.717, 1.165) is 16.5 Å². The summed E-state index contributed by atoms with van der Waals surface area (Å²) in [6.07, 6.45) is 0. The molecule has 0 spiro atoms. The molecule has 9 heteroatoms. The van der Waals surface area contributed by atoms with Crippen LogP contribution >= 0.6 is 35.0 Å². The van der Waals surface area contributed by atoms with Gasteiger partial charge in [0, 0.05) is 21.7 Å². The Morgan fingerprint density at radius 3 is 2.69 bits per heavy atom. The van der Waals surface area contributed by atoms with Crippen LogP contribution in [-0.2, 0) is 4.79 Å². The number of nitrogens with two attached hydrogens (primary N) is 1. The van der Waals surface area contributed by atoms with Gasteiger partial charge in [-0.3, -0.25) is 4.79 Å². The summed E-state index contributed by atoms with van der Waals surface area (Å²) in [5.41, 5.74) is 1.37. The zero-order valence-electron chi connectivity index (χ0n) is 15.0. The molecular weight excluding hydrogens is 429 g/mol. The zero-order valence-corrected chi connectivity index (χ0v) is 17.3. The number of carbonyl (C=O) groups is 1. The quantitative estimate of drug-likeness (QED) is 0.340. The van der Waals surface area contributed by atoms with Gasteiger partial charge in [-0.25, -0.2) is 4.68 Å². The van der Waals surface area contributed by atoms with Crippen molar-refractivity contribution in [3.05, 3.63) is 70.7 Å². The molecule has 6 nitrogen and oxygen atoms in total. The number of carbonyl (C=O) groups excluding carboxylic acids is 1. The molecule has 4 rings (SSSR count). The first kappa shape index (κ1) is 19.6. The van der Waals surface area contributed by atoms with Gasteiger partial charge in [0.2, 0.25) is 11.1 Å². The Balaban J connectivity index is 1.47. The van der Waals surface area contributed by atoms with Crippen LogP contribution in [0, 0.1) is 0 Å². The fourth-order valence-corrected chi connectivity index (χ4v) is 4.03. The largest absolute Gasteiger partial charge is 0.335 e. The van der Waals surface area contributed by atoms with Crippen LogP contribution in [0.2, 0.25) is 10.0 Å². The molecule has 0 aliphatic rings. The normalized spacial score (nSPS) is 11.0. The molecule has 0 bridgehead atoms. The standard InChI is InChI=1S/C20H15Cl2N5OS/c21-13-8-9-15(16(22)10-13)19-25-26-20(27(19)23)29-11-18(28)24-17-7-3-5-12-4-1-2-6-14(12)17/h1-10H,11,23H2,(H,24,28). The molecule has 1 amide bonds. The number of thioether (sulfide) groups is 1. The molecule has 146 valence electrons. The van der Waals surface area contributed by atoms with Crippen molar-refractivity contribution >= 4 is 57.3 Å². The average molecular weight is 444 g/mol. The molecule has 0 fully saturated rings. The number of rotatable bonds is 5. The van der Waals surface area contributed by atoms with Gasteiger partial charge in [0.25, 0.3) is 0 Å². The minimum atomic E-state index is -0.166. The topological polar surface area (TPSA) is 85.8 Å². The van der Waals surface area contributed by atoms with Crippen LogP contribution in [0.5, 0.6) is 0 Å². The number of fused-ring (bicyclic) bond motifs is 1. The van der Waals surface area contributed by atoms with E-state index in [2.05, 4.69) is 15.5 Å². The highest BCUT2D eigenvalue weighted by Crippen LogP contribution is 2.30. The molecule has 0 saturated heterocycles. The van der Waals surface area contributed by atoms with Crippen LogP contribution in [0.3, 0.4) is 0 Å². The number of benzene rings is 3. The molecule has 4 aromatic rings. The lowest BCUT2D eigenvalue weighted by atomic mass is 10.1. The van der Waals surface area contributed by atoms with Crippen molar-refractivity contribution in [2.75, 3.05) is 16.9 Å². The molecule has 0 atom stereocenters. The lowest BCUT2D eigenvalue weighted by molar-refractivity contribution is -0.113. The van der Waals surface area contributed by atoms with Gasteiger partial charge in [-0.05, 0) is 29.7 Å². The third-order valence-corrected chi connectivity index (χ3v) is 5.72. The van der Waals surface area contributed by atoms with Crippen LogP contribution in [-0.4, -0.2) is 26.5 Å². The Hall–Kier alpha value is -2.74. The number of hydrogen-bond acceptors (Lipinski definition) is 5. The Morgan fingerprint density at radius 1 is 1.07 bits per heavy atom. The number of nitrogen functional groups attached to an aromatic ring is 1. The van der Waals surface area contributed by atoms with E-state index in [4.69, 9.17) is 29.0 Å². The number of anilines is 1. The molecule has 29 heavy (non-hydrogen) atoms. The first-order valence-corrected chi connectivity index (χ1v) is 10.3. The molecule has 0 radical (unpaired) electrons. The van der Waals surface area contributed by atoms with Crippen LogP contribution in [0.25, 0.3) is 22.2 Å². The van der Waals surface area contributed by atoms with Crippen molar-refractivity contribution in [1.29, 1.82) is 0 Å². The van der Waals surface area contributed by atoms with Gasteiger partial charge in [0.15, 0.2) is 5.82 Å². The molecule has 1 heterocycles. The monoisotopic (exact) mass is 443 g/mol. The predicted molar refractivity (Wildman–Crippen MR) is 119 cm³/mol. The second kappa shape index (κ2) is 8.32. The van der Waals surface area contributed by atoms with Crippen LogP contribution in [0.4, 0.5) is 5.69 Å². The number of hydrogen-bond donors (Lipinski definition) is 2. The van der Waals surface area contributed by atoms with Crippen LogP contribution < -0.4 is 11.2 Å².